The van der Waals surface area contributed by atoms with Crippen molar-refractivity contribution in [1.29, 1.82) is 0 Å². The van der Waals surface area contributed by atoms with E-state index in [-0.39, 0.29) is 5.82 Å². The third kappa shape index (κ3) is 2.43. The van der Waals surface area contributed by atoms with E-state index in [1.165, 1.54) is 29.6 Å². The molecule has 2 aromatic heterocycles. The molecule has 5 nitrogen and oxygen atoms in total. The van der Waals surface area contributed by atoms with Crippen LogP contribution in [0, 0.1) is 5.82 Å². The molecule has 1 fully saturated rings. The smallest absolute Gasteiger partial charge is 0.243 e. The minimum Gasteiger partial charge on any atom is -0.353 e. The lowest BCUT2D eigenvalue weighted by Crippen LogP contribution is -2.24. The number of pyridine rings is 1. The number of nitrogens with zero attached hydrogens (tertiary/aromatic N) is 3. The molecule has 0 unspecified atom stereocenters. The molecule has 0 radical (unpaired) electrons. The summed E-state index contributed by atoms with van der Waals surface area (Å²) in [7, 11) is 0. The van der Waals surface area contributed by atoms with Crippen LogP contribution in [-0.2, 0) is 0 Å². The fourth-order valence-electron chi connectivity index (χ4n) is 2.29. The molecular formula is C12H16FN5. The van der Waals surface area contributed by atoms with E-state index < -0.39 is 0 Å². The van der Waals surface area contributed by atoms with Crippen molar-refractivity contribution in [3.8, 4) is 0 Å². The van der Waals surface area contributed by atoms with Crippen LogP contribution >= 0.6 is 0 Å². The maximum atomic E-state index is 13.0. The molecule has 0 bridgehead atoms. The maximum absolute atomic E-state index is 13.0. The predicted octanol–water partition coefficient (Wildman–Crippen LogP) is 1.42. The summed E-state index contributed by atoms with van der Waals surface area (Å²) in [5.41, 5.74) is 0.651. The molecular weight excluding hydrogens is 233 g/mol. The van der Waals surface area contributed by atoms with Crippen LogP contribution in [0.15, 0.2) is 18.3 Å². The van der Waals surface area contributed by atoms with E-state index in [1.807, 2.05) is 0 Å². The second-order valence-electron chi connectivity index (χ2n) is 4.59. The molecule has 1 aliphatic heterocycles. The zero-order valence-corrected chi connectivity index (χ0v) is 10.1. The van der Waals surface area contributed by atoms with E-state index in [0.29, 0.717) is 17.6 Å². The van der Waals surface area contributed by atoms with Crippen molar-refractivity contribution in [2.75, 3.05) is 18.4 Å². The SMILES string of the molecule is Fc1ccc2nc(NCC[C@@H]3CCCN3)nn2c1. The summed E-state index contributed by atoms with van der Waals surface area (Å²) in [4.78, 5) is 4.27. The molecule has 6 heteroatoms. The molecule has 2 aromatic rings. The minimum absolute atomic E-state index is 0.311. The van der Waals surface area contributed by atoms with E-state index >= 15 is 0 Å². The first-order valence-electron chi connectivity index (χ1n) is 6.30. The molecule has 2 N–H and O–H groups in total. The second-order valence-corrected chi connectivity index (χ2v) is 4.59. The van der Waals surface area contributed by atoms with Crippen LogP contribution in [0.25, 0.3) is 5.65 Å². The first-order valence-corrected chi connectivity index (χ1v) is 6.30. The van der Waals surface area contributed by atoms with Gasteiger partial charge in [0.15, 0.2) is 5.65 Å². The van der Waals surface area contributed by atoms with Crippen LogP contribution in [0.1, 0.15) is 19.3 Å². The van der Waals surface area contributed by atoms with Crippen LogP contribution < -0.4 is 10.6 Å². The highest BCUT2D eigenvalue weighted by atomic mass is 19.1. The summed E-state index contributed by atoms with van der Waals surface area (Å²) in [5.74, 6) is 0.243. The van der Waals surface area contributed by atoms with Crippen molar-refractivity contribution in [3.63, 3.8) is 0 Å². The Hall–Kier alpha value is -1.69. The molecule has 0 aromatic carbocycles. The summed E-state index contributed by atoms with van der Waals surface area (Å²) in [6.45, 7) is 1.95. The minimum atomic E-state index is -0.311. The largest absolute Gasteiger partial charge is 0.353 e. The van der Waals surface area contributed by atoms with Gasteiger partial charge in [-0.25, -0.2) is 8.91 Å². The fourth-order valence-corrected chi connectivity index (χ4v) is 2.29. The maximum Gasteiger partial charge on any atom is 0.243 e. The number of nitrogens with one attached hydrogen (secondary N) is 2. The Balaban J connectivity index is 1.60. The van der Waals surface area contributed by atoms with Gasteiger partial charge in [0.1, 0.15) is 5.82 Å². The van der Waals surface area contributed by atoms with Gasteiger partial charge in [0, 0.05) is 12.6 Å². The molecule has 18 heavy (non-hydrogen) atoms. The van der Waals surface area contributed by atoms with Gasteiger partial charge in [-0.3, -0.25) is 0 Å². The zero-order valence-electron chi connectivity index (χ0n) is 10.1. The third-order valence-electron chi connectivity index (χ3n) is 3.23. The fraction of sp³-hybridized carbons (Fsp3) is 0.500. The number of halogens is 1. The molecule has 3 heterocycles. The average Bonchev–Trinajstić information content (AvgIpc) is 2.97. The van der Waals surface area contributed by atoms with Crippen molar-refractivity contribution in [1.82, 2.24) is 19.9 Å². The standard InChI is InChI=1S/C12H16FN5/c13-9-3-4-11-16-12(17-18(11)8-9)15-7-5-10-2-1-6-14-10/h3-4,8,10,14H,1-2,5-7H2,(H,15,17)/t10-/m0/s1. The van der Waals surface area contributed by atoms with Crippen molar-refractivity contribution in [2.24, 2.45) is 0 Å². The van der Waals surface area contributed by atoms with E-state index in [0.717, 1.165) is 19.5 Å². The molecule has 1 saturated heterocycles. The topological polar surface area (TPSA) is 54.2 Å². The van der Waals surface area contributed by atoms with E-state index in [4.69, 9.17) is 0 Å². The first kappa shape index (κ1) is 11.4. The van der Waals surface area contributed by atoms with Gasteiger partial charge < -0.3 is 10.6 Å². The predicted molar refractivity (Wildman–Crippen MR) is 67.1 cm³/mol. The Labute approximate surface area is 104 Å². The number of hydrogen-bond donors (Lipinski definition) is 2. The zero-order chi connectivity index (χ0) is 12.4. The summed E-state index contributed by atoms with van der Waals surface area (Å²) in [5, 5.41) is 10.8. The second kappa shape index (κ2) is 4.89. The Kier molecular flexibility index (Phi) is 3.10. The summed E-state index contributed by atoms with van der Waals surface area (Å²) < 4.78 is 14.4. The Morgan fingerprint density at radius 2 is 2.44 bits per heavy atom. The Bertz CT molecular complexity index is 532. The van der Waals surface area contributed by atoms with Gasteiger partial charge >= 0.3 is 0 Å². The van der Waals surface area contributed by atoms with E-state index in [2.05, 4.69) is 20.7 Å². The van der Waals surface area contributed by atoms with Gasteiger partial charge in [-0.15, -0.1) is 5.10 Å². The summed E-state index contributed by atoms with van der Waals surface area (Å²) >= 11 is 0. The lowest BCUT2D eigenvalue weighted by atomic mass is 10.2. The highest BCUT2D eigenvalue weighted by Crippen LogP contribution is 2.10. The summed E-state index contributed by atoms with van der Waals surface area (Å²) in [6, 6.07) is 3.61. The highest BCUT2D eigenvalue weighted by molar-refractivity contribution is 5.42. The first-order chi connectivity index (χ1) is 8.81. The molecule has 1 atom stereocenters. The Morgan fingerprint density at radius 1 is 1.50 bits per heavy atom. The number of aromatic nitrogens is 3. The van der Waals surface area contributed by atoms with Crippen molar-refractivity contribution < 1.29 is 4.39 Å². The van der Waals surface area contributed by atoms with Crippen LogP contribution in [0.2, 0.25) is 0 Å². The van der Waals surface area contributed by atoms with E-state index in [1.54, 1.807) is 6.07 Å². The normalized spacial score (nSPS) is 19.5. The summed E-state index contributed by atoms with van der Waals surface area (Å²) in [6.07, 6.45) is 4.89. The van der Waals surface area contributed by atoms with Crippen LogP contribution in [0.4, 0.5) is 10.3 Å². The van der Waals surface area contributed by atoms with E-state index in [9.17, 15) is 4.39 Å². The van der Waals surface area contributed by atoms with Gasteiger partial charge in [0.25, 0.3) is 0 Å². The van der Waals surface area contributed by atoms with Gasteiger partial charge in [0.05, 0.1) is 6.20 Å². The van der Waals surface area contributed by atoms with Gasteiger partial charge in [-0.1, -0.05) is 0 Å². The molecule has 1 aliphatic rings. The van der Waals surface area contributed by atoms with Gasteiger partial charge in [0.2, 0.25) is 5.95 Å². The third-order valence-corrected chi connectivity index (χ3v) is 3.23. The van der Waals surface area contributed by atoms with Gasteiger partial charge in [-0.05, 0) is 37.9 Å². The average molecular weight is 249 g/mol. The van der Waals surface area contributed by atoms with Crippen LogP contribution in [0.3, 0.4) is 0 Å². The highest BCUT2D eigenvalue weighted by Gasteiger charge is 2.13. The van der Waals surface area contributed by atoms with Crippen LogP contribution in [-0.4, -0.2) is 33.7 Å². The number of fused-ring (bicyclic) bond motifs is 1. The molecule has 96 valence electrons. The number of hydrogen-bond acceptors (Lipinski definition) is 4. The number of rotatable bonds is 4. The Morgan fingerprint density at radius 3 is 3.28 bits per heavy atom. The quantitative estimate of drug-likeness (QED) is 0.860. The van der Waals surface area contributed by atoms with Crippen molar-refractivity contribution in [2.45, 2.75) is 25.3 Å². The monoisotopic (exact) mass is 249 g/mol. The van der Waals surface area contributed by atoms with Crippen LogP contribution in [0.5, 0.6) is 0 Å². The molecule has 3 rings (SSSR count). The van der Waals surface area contributed by atoms with Gasteiger partial charge in [-0.2, -0.15) is 4.98 Å². The molecule has 0 saturated carbocycles. The van der Waals surface area contributed by atoms with Crippen molar-refractivity contribution in [3.05, 3.63) is 24.1 Å². The van der Waals surface area contributed by atoms with Crippen molar-refractivity contribution >= 4 is 11.6 Å². The number of anilines is 1. The molecule has 0 aliphatic carbocycles. The lowest BCUT2D eigenvalue weighted by Gasteiger charge is -2.09. The molecule has 0 amide bonds. The lowest BCUT2D eigenvalue weighted by molar-refractivity contribution is 0.573. The molecule has 0 spiro atoms.